The Morgan fingerprint density at radius 1 is 1.03 bits per heavy atom. The summed E-state index contributed by atoms with van der Waals surface area (Å²) < 4.78 is 6.87. The van der Waals surface area contributed by atoms with Gasteiger partial charge in [0.25, 0.3) is 5.56 Å². The van der Waals surface area contributed by atoms with Crippen molar-refractivity contribution in [1.29, 1.82) is 0 Å². The quantitative estimate of drug-likeness (QED) is 0.414. The van der Waals surface area contributed by atoms with Gasteiger partial charge in [-0.15, -0.1) is 0 Å². The Hall–Kier alpha value is -3.41. The van der Waals surface area contributed by atoms with Gasteiger partial charge in [0.05, 0.1) is 24.9 Å². The maximum Gasteiger partial charge on any atom is 0.274 e. The third-order valence-electron chi connectivity index (χ3n) is 5.77. The van der Waals surface area contributed by atoms with Gasteiger partial charge in [0.15, 0.2) is 0 Å². The molecule has 0 bridgehead atoms. The highest BCUT2D eigenvalue weighted by molar-refractivity contribution is 6.31. The van der Waals surface area contributed by atoms with Gasteiger partial charge in [-0.1, -0.05) is 72.3 Å². The molecule has 1 aromatic heterocycles. The van der Waals surface area contributed by atoms with Gasteiger partial charge in [-0.25, -0.2) is 4.68 Å². The molecular formula is C27H26ClN3O2. The van der Waals surface area contributed by atoms with Gasteiger partial charge in [-0.3, -0.25) is 4.79 Å². The Bertz CT molecular complexity index is 1320. The Morgan fingerprint density at radius 3 is 2.48 bits per heavy atom. The van der Waals surface area contributed by atoms with Crippen LogP contribution in [-0.2, 0) is 13.0 Å². The number of rotatable bonds is 7. The van der Waals surface area contributed by atoms with Crippen molar-refractivity contribution in [2.45, 2.75) is 25.9 Å². The zero-order chi connectivity index (χ0) is 23.4. The Labute approximate surface area is 198 Å². The fourth-order valence-corrected chi connectivity index (χ4v) is 4.13. The summed E-state index contributed by atoms with van der Waals surface area (Å²) in [7, 11) is 1.61. The zero-order valence-electron chi connectivity index (χ0n) is 18.7. The maximum absolute atomic E-state index is 13.6. The summed E-state index contributed by atoms with van der Waals surface area (Å²) in [5.41, 5.74) is 11.1. The molecule has 5 nitrogen and oxygen atoms in total. The van der Waals surface area contributed by atoms with Crippen LogP contribution in [0.4, 0.5) is 0 Å². The monoisotopic (exact) mass is 459 g/mol. The van der Waals surface area contributed by atoms with Crippen LogP contribution in [0.25, 0.3) is 11.1 Å². The van der Waals surface area contributed by atoms with Crippen LogP contribution in [0.15, 0.2) is 83.7 Å². The number of aromatic nitrogens is 2. The van der Waals surface area contributed by atoms with Crippen molar-refractivity contribution in [3.05, 3.63) is 117 Å². The molecule has 0 aliphatic heterocycles. The average molecular weight is 460 g/mol. The van der Waals surface area contributed by atoms with Gasteiger partial charge in [0, 0.05) is 17.5 Å². The van der Waals surface area contributed by atoms with Crippen LogP contribution in [0.1, 0.15) is 28.4 Å². The second-order valence-electron chi connectivity index (χ2n) is 7.95. The van der Waals surface area contributed by atoms with E-state index in [4.69, 9.17) is 27.2 Å². The average Bonchev–Trinajstić information content (AvgIpc) is 2.84. The van der Waals surface area contributed by atoms with Crippen molar-refractivity contribution in [3.63, 3.8) is 0 Å². The molecule has 0 aliphatic carbocycles. The van der Waals surface area contributed by atoms with E-state index in [0.29, 0.717) is 22.8 Å². The van der Waals surface area contributed by atoms with Crippen molar-refractivity contribution >= 4 is 11.6 Å². The molecule has 0 saturated heterocycles. The Balaban J connectivity index is 1.85. The summed E-state index contributed by atoms with van der Waals surface area (Å²) in [6, 6.07) is 24.5. The Kier molecular flexibility index (Phi) is 6.92. The summed E-state index contributed by atoms with van der Waals surface area (Å²) in [4.78, 5) is 13.6. The van der Waals surface area contributed by atoms with Gasteiger partial charge in [-0.2, -0.15) is 5.10 Å². The van der Waals surface area contributed by atoms with Crippen LogP contribution in [-0.4, -0.2) is 16.9 Å². The van der Waals surface area contributed by atoms with Crippen LogP contribution in [0.3, 0.4) is 0 Å². The molecular weight excluding hydrogens is 434 g/mol. The van der Waals surface area contributed by atoms with E-state index in [1.165, 1.54) is 4.68 Å². The second-order valence-corrected chi connectivity index (χ2v) is 8.36. The molecule has 0 amide bonds. The lowest BCUT2D eigenvalue weighted by Crippen LogP contribution is -2.31. The van der Waals surface area contributed by atoms with E-state index in [0.717, 1.165) is 27.9 Å². The normalized spacial score (nSPS) is 11.9. The molecule has 0 saturated carbocycles. The molecule has 0 radical (unpaired) electrons. The molecule has 4 rings (SSSR count). The molecule has 2 N–H and O–H groups in total. The number of nitrogens with zero attached hydrogens (tertiary/aromatic N) is 2. The number of benzene rings is 3. The highest BCUT2D eigenvalue weighted by Gasteiger charge is 2.19. The highest BCUT2D eigenvalue weighted by Crippen LogP contribution is 2.27. The van der Waals surface area contributed by atoms with Crippen LogP contribution < -0.4 is 16.0 Å². The minimum Gasteiger partial charge on any atom is -0.497 e. The lowest BCUT2D eigenvalue weighted by molar-refractivity contribution is 0.415. The minimum atomic E-state index is -0.370. The third-order valence-corrected chi connectivity index (χ3v) is 6.14. The number of methoxy groups -OCH3 is 1. The molecule has 1 unspecified atom stereocenters. The fraction of sp³-hybridized carbons (Fsp3) is 0.185. The van der Waals surface area contributed by atoms with Crippen molar-refractivity contribution in [1.82, 2.24) is 9.78 Å². The predicted octanol–water partition coefficient (Wildman–Crippen LogP) is 5.17. The van der Waals surface area contributed by atoms with E-state index in [-0.39, 0.29) is 18.1 Å². The molecule has 0 fully saturated rings. The molecule has 1 heterocycles. The lowest BCUT2D eigenvalue weighted by Gasteiger charge is -2.18. The van der Waals surface area contributed by atoms with Crippen molar-refractivity contribution in [2.24, 2.45) is 5.73 Å². The first-order valence-corrected chi connectivity index (χ1v) is 11.1. The first-order valence-electron chi connectivity index (χ1n) is 10.8. The van der Waals surface area contributed by atoms with Crippen molar-refractivity contribution in [3.8, 4) is 16.9 Å². The molecule has 0 aliphatic rings. The van der Waals surface area contributed by atoms with Crippen LogP contribution in [0, 0.1) is 6.92 Å². The highest BCUT2D eigenvalue weighted by atomic mass is 35.5. The molecule has 3 aromatic carbocycles. The first-order chi connectivity index (χ1) is 16.0. The number of hydrogen-bond acceptors (Lipinski definition) is 4. The fourth-order valence-electron chi connectivity index (χ4n) is 3.92. The number of hydrogen-bond donors (Lipinski definition) is 1. The number of halogens is 1. The molecule has 168 valence electrons. The van der Waals surface area contributed by atoms with Crippen LogP contribution in [0.2, 0.25) is 5.02 Å². The van der Waals surface area contributed by atoms with E-state index in [9.17, 15) is 4.79 Å². The van der Waals surface area contributed by atoms with Gasteiger partial charge < -0.3 is 10.5 Å². The third kappa shape index (κ3) is 5.00. The predicted molar refractivity (Wildman–Crippen MR) is 133 cm³/mol. The van der Waals surface area contributed by atoms with Crippen LogP contribution in [0.5, 0.6) is 5.75 Å². The second kappa shape index (κ2) is 10.0. The largest absolute Gasteiger partial charge is 0.497 e. The van der Waals surface area contributed by atoms with Crippen molar-refractivity contribution in [2.75, 3.05) is 7.11 Å². The first kappa shape index (κ1) is 22.8. The summed E-state index contributed by atoms with van der Waals surface area (Å²) in [6.45, 7) is 2.19. The summed E-state index contributed by atoms with van der Waals surface area (Å²) in [5.74, 6) is 0.684. The molecule has 0 spiro atoms. The molecule has 1 atom stereocenters. The summed E-state index contributed by atoms with van der Waals surface area (Å²) >= 11 is 6.43. The molecule has 33 heavy (non-hydrogen) atoms. The SMILES string of the molecule is COc1cccc(-c2c(C)c(Cc3ccccc3Cl)nn(CC(N)c3ccccc3)c2=O)c1. The zero-order valence-corrected chi connectivity index (χ0v) is 19.4. The van der Waals surface area contributed by atoms with E-state index >= 15 is 0 Å². The molecule has 6 heteroatoms. The number of nitrogens with two attached hydrogens (primary N) is 1. The van der Waals surface area contributed by atoms with E-state index in [1.807, 2.05) is 85.8 Å². The van der Waals surface area contributed by atoms with Gasteiger partial charge in [0.1, 0.15) is 5.75 Å². The van der Waals surface area contributed by atoms with E-state index in [1.54, 1.807) is 7.11 Å². The van der Waals surface area contributed by atoms with E-state index in [2.05, 4.69) is 0 Å². The summed E-state index contributed by atoms with van der Waals surface area (Å²) in [6.07, 6.45) is 0.503. The standard InChI is InChI=1S/C27H26ClN3O2/c1-18-25(16-20-11-6-7-14-23(20)28)30-31(17-24(29)19-9-4-3-5-10-19)27(32)26(18)21-12-8-13-22(15-21)33-2/h3-15,24H,16-17,29H2,1-2H3. The van der Waals surface area contributed by atoms with Crippen molar-refractivity contribution < 1.29 is 4.74 Å². The molecule has 4 aromatic rings. The van der Waals surface area contributed by atoms with Crippen LogP contribution >= 0.6 is 11.6 Å². The number of ether oxygens (including phenoxy) is 1. The lowest BCUT2D eigenvalue weighted by atomic mass is 9.98. The smallest absolute Gasteiger partial charge is 0.274 e. The van der Waals surface area contributed by atoms with E-state index < -0.39 is 0 Å². The maximum atomic E-state index is 13.6. The van der Waals surface area contributed by atoms with Gasteiger partial charge >= 0.3 is 0 Å². The summed E-state index contributed by atoms with van der Waals surface area (Å²) in [5, 5.41) is 5.40. The Morgan fingerprint density at radius 2 is 1.76 bits per heavy atom. The van der Waals surface area contributed by atoms with Gasteiger partial charge in [0.2, 0.25) is 0 Å². The topological polar surface area (TPSA) is 70.1 Å². The van der Waals surface area contributed by atoms with Gasteiger partial charge in [-0.05, 0) is 47.4 Å². The minimum absolute atomic E-state index is 0.185.